The third kappa shape index (κ3) is 5.84. The van der Waals surface area contributed by atoms with Gasteiger partial charge in [0.05, 0.1) is 19.3 Å². The Morgan fingerprint density at radius 1 is 1.00 bits per heavy atom. The molecule has 2 amide bonds. The third-order valence-electron chi connectivity index (χ3n) is 3.44. The van der Waals surface area contributed by atoms with Gasteiger partial charge in [-0.15, -0.1) is 0 Å². The number of urea groups is 1. The van der Waals surface area contributed by atoms with E-state index in [4.69, 9.17) is 9.47 Å². The first-order valence-electron chi connectivity index (χ1n) is 8.11. The molecule has 25 heavy (non-hydrogen) atoms. The molecule has 0 aliphatic carbocycles. The number of nitrogens with one attached hydrogen (secondary N) is 2. The molecule has 2 aromatic rings. The number of hydrogen-bond acceptors (Lipinski definition) is 4. The number of amides is 2. The minimum absolute atomic E-state index is 0.360. The Morgan fingerprint density at radius 3 is 2.40 bits per heavy atom. The van der Waals surface area contributed by atoms with Gasteiger partial charge in [-0.3, -0.25) is 0 Å². The lowest BCUT2D eigenvalue weighted by molar-refractivity contribution is 0.0500. The van der Waals surface area contributed by atoms with Crippen LogP contribution in [0, 0.1) is 0 Å². The Kier molecular flexibility index (Phi) is 6.83. The molecule has 0 radical (unpaired) electrons. The molecule has 0 atom stereocenters. The van der Waals surface area contributed by atoms with E-state index in [9.17, 15) is 9.59 Å². The van der Waals surface area contributed by atoms with Crippen molar-refractivity contribution in [3.8, 4) is 5.75 Å². The molecule has 0 aliphatic rings. The summed E-state index contributed by atoms with van der Waals surface area (Å²) >= 11 is 0. The molecule has 0 aromatic heterocycles. The molecule has 2 rings (SSSR count). The van der Waals surface area contributed by atoms with Crippen LogP contribution in [0.15, 0.2) is 48.5 Å². The van der Waals surface area contributed by atoms with Crippen LogP contribution in [0.2, 0.25) is 0 Å². The number of unbranched alkanes of at least 4 members (excludes halogenated alkanes) is 1. The number of methoxy groups -OCH3 is 1. The fourth-order valence-electron chi connectivity index (χ4n) is 2.08. The highest BCUT2D eigenvalue weighted by Crippen LogP contribution is 2.17. The van der Waals surface area contributed by atoms with Crippen molar-refractivity contribution in [3.05, 3.63) is 54.1 Å². The van der Waals surface area contributed by atoms with Gasteiger partial charge in [-0.1, -0.05) is 19.4 Å². The largest absolute Gasteiger partial charge is 0.497 e. The lowest BCUT2D eigenvalue weighted by atomic mass is 10.2. The first kappa shape index (κ1) is 18.3. The van der Waals surface area contributed by atoms with Crippen LogP contribution in [-0.2, 0) is 4.74 Å². The average Bonchev–Trinajstić information content (AvgIpc) is 2.62. The summed E-state index contributed by atoms with van der Waals surface area (Å²) in [5, 5.41) is 5.42. The second-order valence-electron chi connectivity index (χ2n) is 5.38. The van der Waals surface area contributed by atoms with E-state index in [0.29, 0.717) is 29.3 Å². The number of hydrogen-bond donors (Lipinski definition) is 2. The molecular weight excluding hydrogens is 320 g/mol. The molecule has 0 heterocycles. The van der Waals surface area contributed by atoms with Crippen molar-refractivity contribution in [2.75, 3.05) is 24.4 Å². The van der Waals surface area contributed by atoms with Gasteiger partial charge in [0.25, 0.3) is 0 Å². The molecule has 0 unspecified atom stereocenters. The quantitative estimate of drug-likeness (QED) is 0.581. The maximum atomic E-state index is 12.0. The summed E-state index contributed by atoms with van der Waals surface area (Å²) in [5.74, 6) is 0.296. The van der Waals surface area contributed by atoms with E-state index in [-0.39, 0.29) is 12.0 Å². The Bertz CT molecular complexity index is 714. The maximum absolute atomic E-state index is 12.0. The topological polar surface area (TPSA) is 76.7 Å². The van der Waals surface area contributed by atoms with E-state index in [1.54, 1.807) is 55.6 Å². The monoisotopic (exact) mass is 342 g/mol. The summed E-state index contributed by atoms with van der Waals surface area (Å²) in [4.78, 5) is 23.8. The van der Waals surface area contributed by atoms with Gasteiger partial charge >= 0.3 is 12.0 Å². The smallest absolute Gasteiger partial charge is 0.338 e. The number of ether oxygens (including phenoxy) is 2. The molecule has 2 aromatic carbocycles. The summed E-state index contributed by atoms with van der Waals surface area (Å²) in [5.41, 5.74) is 1.65. The van der Waals surface area contributed by atoms with E-state index >= 15 is 0 Å². The number of rotatable bonds is 7. The summed E-state index contributed by atoms with van der Waals surface area (Å²) in [6.07, 6.45) is 1.81. The highest BCUT2D eigenvalue weighted by Gasteiger charge is 2.08. The first-order chi connectivity index (χ1) is 12.1. The zero-order chi connectivity index (χ0) is 18.1. The molecule has 0 saturated carbocycles. The van der Waals surface area contributed by atoms with Crippen LogP contribution in [0.25, 0.3) is 0 Å². The van der Waals surface area contributed by atoms with Crippen molar-refractivity contribution in [2.24, 2.45) is 0 Å². The standard InChI is InChI=1S/C19H22N2O4/c1-3-4-12-25-18(22)14-8-10-15(11-9-14)20-19(23)21-16-6-5-7-17(13-16)24-2/h5-11,13H,3-4,12H2,1-2H3,(H2,20,21,23). The van der Waals surface area contributed by atoms with Gasteiger partial charge in [-0.2, -0.15) is 0 Å². The van der Waals surface area contributed by atoms with Crippen LogP contribution in [0.3, 0.4) is 0 Å². The van der Waals surface area contributed by atoms with Crippen LogP contribution in [0.5, 0.6) is 5.75 Å². The second-order valence-corrected chi connectivity index (χ2v) is 5.38. The number of carbonyl (C=O) groups excluding carboxylic acids is 2. The van der Waals surface area contributed by atoms with E-state index in [1.807, 2.05) is 6.92 Å². The normalized spacial score (nSPS) is 10.0. The van der Waals surface area contributed by atoms with Crippen LogP contribution < -0.4 is 15.4 Å². The Balaban J connectivity index is 1.89. The predicted molar refractivity (Wildman–Crippen MR) is 97.3 cm³/mol. The summed E-state index contributed by atoms with van der Waals surface area (Å²) in [6.45, 7) is 2.45. The van der Waals surface area contributed by atoms with Gasteiger partial charge in [0.15, 0.2) is 0 Å². The van der Waals surface area contributed by atoms with E-state index in [0.717, 1.165) is 12.8 Å². The Morgan fingerprint density at radius 2 is 1.72 bits per heavy atom. The van der Waals surface area contributed by atoms with Gasteiger partial charge < -0.3 is 20.1 Å². The van der Waals surface area contributed by atoms with Gasteiger partial charge in [0, 0.05) is 17.4 Å². The summed E-state index contributed by atoms with van der Waals surface area (Å²) in [6, 6.07) is 13.2. The zero-order valence-electron chi connectivity index (χ0n) is 14.4. The fraction of sp³-hybridized carbons (Fsp3) is 0.263. The van der Waals surface area contributed by atoms with E-state index in [2.05, 4.69) is 10.6 Å². The molecular formula is C19H22N2O4. The lowest BCUT2D eigenvalue weighted by Crippen LogP contribution is -2.19. The van der Waals surface area contributed by atoms with Crippen molar-refractivity contribution in [1.82, 2.24) is 0 Å². The minimum Gasteiger partial charge on any atom is -0.497 e. The van der Waals surface area contributed by atoms with Crippen LogP contribution in [0.1, 0.15) is 30.1 Å². The van der Waals surface area contributed by atoms with Crippen molar-refractivity contribution >= 4 is 23.4 Å². The Labute approximate surface area is 147 Å². The molecule has 0 fully saturated rings. The summed E-state index contributed by atoms with van der Waals surface area (Å²) in [7, 11) is 1.56. The van der Waals surface area contributed by atoms with Crippen LogP contribution >= 0.6 is 0 Å². The highest BCUT2D eigenvalue weighted by molar-refractivity contribution is 6.00. The predicted octanol–water partition coefficient (Wildman–Crippen LogP) is 4.30. The minimum atomic E-state index is -0.383. The van der Waals surface area contributed by atoms with Gasteiger partial charge in [0.1, 0.15) is 5.75 Å². The number of anilines is 2. The molecule has 2 N–H and O–H groups in total. The lowest BCUT2D eigenvalue weighted by Gasteiger charge is -2.09. The van der Waals surface area contributed by atoms with Crippen molar-refractivity contribution in [2.45, 2.75) is 19.8 Å². The molecule has 0 saturated heterocycles. The van der Waals surface area contributed by atoms with Gasteiger partial charge in [0.2, 0.25) is 0 Å². The van der Waals surface area contributed by atoms with Crippen LogP contribution in [0.4, 0.5) is 16.2 Å². The average molecular weight is 342 g/mol. The van der Waals surface area contributed by atoms with Crippen LogP contribution in [-0.4, -0.2) is 25.7 Å². The van der Waals surface area contributed by atoms with Gasteiger partial charge in [-0.25, -0.2) is 9.59 Å². The third-order valence-corrected chi connectivity index (χ3v) is 3.44. The van der Waals surface area contributed by atoms with Gasteiger partial charge in [-0.05, 0) is 42.8 Å². The highest BCUT2D eigenvalue weighted by atomic mass is 16.5. The van der Waals surface area contributed by atoms with E-state index < -0.39 is 0 Å². The SMILES string of the molecule is CCCCOC(=O)c1ccc(NC(=O)Nc2cccc(OC)c2)cc1. The molecule has 132 valence electrons. The second kappa shape index (κ2) is 9.32. The molecule has 0 bridgehead atoms. The van der Waals surface area contributed by atoms with Crippen molar-refractivity contribution in [1.29, 1.82) is 0 Å². The first-order valence-corrected chi connectivity index (χ1v) is 8.11. The number of carbonyl (C=O) groups is 2. The molecule has 6 nitrogen and oxygen atoms in total. The van der Waals surface area contributed by atoms with Crippen molar-refractivity contribution in [3.63, 3.8) is 0 Å². The molecule has 0 aliphatic heterocycles. The van der Waals surface area contributed by atoms with E-state index in [1.165, 1.54) is 0 Å². The van der Waals surface area contributed by atoms with Crippen molar-refractivity contribution < 1.29 is 19.1 Å². The fourth-order valence-corrected chi connectivity index (χ4v) is 2.08. The zero-order valence-corrected chi connectivity index (χ0v) is 14.4. The maximum Gasteiger partial charge on any atom is 0.338 e. The Hall–Kier alpha value is -3.02. The number of benzene rings is 2. The number of esters is 1. The molecule has 0 spiro atoms. The molecule has 6 heteroatoms. The summed E-state index contributed by atoms with van der Waals surface area (Å²) < 4.78 is 10.2.